The Hall–Kier alpha value is -1.38. The van der Waals surface area contributed by atoms with Crippen LogP contribution in [0.25, 0.3) is 0 Å². The van der Waals surface area contributed by atoms with Gasteiger partial charge in [-0.1, -0.05) is 54.4 Å². The fourth-order valence-corrected chi connectivity index (χ4v) is 6.06. The van der Waals surface area contributed by atoms with E-state index in [2.05, 4.69) is 45.1 Å². The molecule has 1 fully saturated rings. The van der Waals surface area contributed by atoms with Crippen molar-refractivity contribution in [2.75, 3.05) is 7.11 Å². The van der Waals surface area contributed by atoms with E-state index in [0.717, 1.165) is 38.5 Å². The van der Waals surface area contributed by atoms with Gasteiger partial charge in [0, 0.05) is 7.11 Å². The molecule has 4 unspecified atom stereocenters. The van der Waals surface area contributed by atoms with Crippen LogP contribution in [0.3, 0.4) is 0 Å². The number of hydrogen-bond donors (Lipinski definition) is 1. The van der Waals surface area contributed by atoms with Crippen LogP contribution in [-0.4, -0.2) is 24.4 Å². The number of hydrogen-bond acceptors (Lipinski definition) is 2. The lowest BCUT2D eigenvalue weighted by atomic mass is 9.71. The number of allylic oxidation sites excluding steroid dienone is 8. The lowest BCUT2D eigenvalue weighted by Crippen LogP contribution is -2.29. The maximum atomic E-state index is 9.65. The Balaban J connectivity index is 1.89. The Morgan fingerprint density at radius 3 is 2.58 bits per heavy atom. The summed E-state index contributed by atoms with van der Waals surface area (Å²) in [5, 5.41) is 9.65. The summed E-state index contributed by atoms with van der Waals surface area (Å²) in [6.45, 7) is 8.93. The standard InChI is InChI=1S/C31H48O2/c1-22-13-10-12-18-28(22)27-20-29(23(2)14-9-11-15-25(4)32)30(31(21-27)33-5)19-24(3)26-16-7-6-8-17-26/h13,16,18-19,24-25,27,31-32H,6-12,14-15,17,20-21H2,1-5H3. The molecular formula is C31H48O2. The summed E-state index contributed by atoms with van der Waals surface area (Å²) in [4.78, 5) is 0. The number of rotatable bonds is 9. The molecule has 2 heteroatoms. The summed E-state index contributed by atoms with van der Waals surface area (Å²) < 4.78 is 6.18. The van der Waals surface area contributed by atoms with Crippen LogP contribution >= 0.6 is 0 Å². The van der Waals surface area contributed by atoms with Crippen molar-refractivity contribution in [1.29, 1.82) is 0 Å². The highest BCUT2D eigenvalue weighted by molar-refractivity contribution is 5.45. The first-order valence-corrected chi connectivity index (χ1v) is 13.6. The van der Waals surface area contributed by atoms with Crippen LogP contribution in [0.1, 0.15) is 105 Å². The van der Waals surface area contributed by atoms with Gasteiger partial charge in [-0.2, -0.15) is 0 Å². The molecule has 0 heterocycles. The minimum absolute atomic E-state index is 0.174. The molecule has 0 aromatic carbocycles. The summed E-state index contributed by atoms with van der Waals surface area (Å²) in [7, 11) is 1.90. The van der Waals surface area contributed by atoms with Crippen LogP contribution in [-0.2, 0) is 4.74 Å². The first-order chi connectivity index (χ1) is 15.9. The fourth-order valence-electron chi connectivity index (χ4n) is 6.06. The van der Waals surface area contributed by atoms with Crippen molar-refractivity contribution < 1.29 is 9.84 Å². The van der Waals surface area contributed by atoms with Gasteiger partial charge in [-0.15, -0.1) is 0 Å². The Kier molecular flexibility index (Phi) is 10.3. The zero-order chi connectivity index (χ0) is 23.8. The van der Waals surface area contributed by atoms with E-state index in [-0.39, 0.29) is 12.2 Å². The van der Waals surface area contributed by atoms with Crippen molar-refractivity contribution in [3.8, 4) is 0 Å². The predicted molar refractivity (Wildman–Crippen MR) is 141 cm³/mol. The lowest BCUT2D eigenvalue weighted by molar-refractivity contribution is 0.105. The molecule has 0 radical (unpaired) electrons. The average molecular weight is 453 g/mol. The molecule has 0 amide bonds. The molecule has 3 aliphatic rings. The quantitative estimate of drug-likeness (QED) is 0.281. The van der Waals surface area contributed by atoms with Gasteiger partial charge in [0.05, 0.1) is 12.2 Å². The molecule has 0 spiro atoms. The van der Waals surface area contributed by atoms with Crippen LogP contribution in [0, 0.1) is 11.8 Å². The third kappa shape index (κ3) is 7.30. The summed E-state index contributed by atoms with van der Waals surface area (Å²) in [5.41, 5.74) is 9.19. The second-order valence-electron chi connectivity index (χ2n) is 10.8. The molecule has 1 N–H and O–H groups in total. The summed E-state index contributed by atoms with van der Waals surface area (Å²) in [6.07, 6.45) is 23.9. The van der Waals surface area contributed by atoms with E-state index in [1.807, 2.05) is 14.0 Å². The number of unbranched alkanes of at least 4 members (excludes halogenated alkanes) is 1. The third-order valence-corrected chi connectivity index (χ3v) is 8.08. The molecule has 184 valence electrons. The molecule has 0 aromatic rings. The Morgan fingerprint density at radius 1 is 1.12 bits per heavy atom. The molecule has 1 saturated carbocycles. The Labute approximate surface area is 203 Å². The van der Waals surface area contributed by atoms with E-state index in [9.17, 15) is 5.11 Å². The fraction of sp³-hybridized carbons (Fsp3) is 0.677. The normalized spacial score (nSPS) is 28.7. The van der Waals surface area contributed by atoms with Crippen molar-refractivity contribution in [2.24, 2.45) is 11.8 Å². The molecule has 0 bridgehead atoms. The van der Waals surface area contributed by atoms with Gasteiger partial charge in [-0.05, 0) is 120 Å². The van der Waals surface area contributed by atoms with Gasteiger partial charge in [0.1, 0.15) is 0 Å². The van der Waals surface area contributed by atoms with E-state index in [4.69, 9.17) is 4.74 Å². The van der Waals surface area contributed by atoms with E-state index in [1.54, 1.807) is 16.7 Å². The zero-order valence-electron chi connectivity index (χ0n) is 22.0. The van der Waals surface area contributed by atoms with Gasteiger partial charge in [-0.3, -0.25) is 0 Å². The van der Waals surface area contributed by atoms with Gasteiger partial charge in [0.2, 0.25) is 0 Å². The largest absolute Gasteiger partial charge is 0.393 e. The van der Waals surface area contributed by atoms with E-state index in [1.165, 1.54) is 55.2 Å². The average Bonchev–Trinajstić information content (AvgIpc) is 2.82. The first kappa shape index (κ1) is 26.2. The molecule has 0 aliphatic heterocycles. The summed E-state index contributed by atoms with van der Waals surface area (Å²) in [6, 6.07) is 0. The van der Waals surface area contributed by atoms with Crippen molar-refractivity contribution in [3.63, 3.8) is 0 Å². The van der Waals surface area contributed by atoms with E-state index < -0.39 is 0 Å². The topological polar surface area (TPSA) is 29.5 Å². The van der Waals surface area contributed by atoms with Gasteiger partial charge < -0.3 is 9.84 Å². The number of ether oxygens (including phenoxy) is 1. The number of aliphatic hydroxyl groups excluding tert-OH is 1. The maximum Gasteiger partial charge on any atom is 0.0826 e. The van der Waals surface area contributed by atoms with Crippen LogP contribution in [0.2, 0.25) is 0 Å². The monoisotopic (exact) mass is 452 g/mol. The highest BCUT2D eigenvalue weighted by Crippen LogP contribution is 2.44. The smallest absolute Gasteiger partial charge is 0.0826 e. The molecule has 4 atom stereocenters. The minimum atomic E-state index is -0.192. The molecule has 2 nitrogen and oxygen atoms in total. The SMILES string of the molecule is COC1CC(C2=CCCC=C2C)CC(=C(C)CCCCC(C)O)C1=CC(C)C1=CCCCC1. The van der Waals surface area contributed by atoms with E-state index in [0.29, 0.717) is 11.8 Å². The Bertz CT molecular complexity index is 805. The van der Waals surface area contributed by atoms with Crippen molar-refractivity contribution >= 4 is 0 Å². The minimum Gasteiger partial charge on any atom is -0.393 e. The highest BCUT2D eigenvalue weighted by atomic mass is 16.5. The second-order valence-corrected chi connectivity index (χ2v) is 10.8. The van der Waals surface area contributed by atoms with Gasteiger partial charge in [0.25, 0.3) is 0 Å². The first-order valence-electron chi connectivity index (χ1n) is 13.6. The highest BCUT2D eigenvalue weighted by Gasteiger charge is 2.33. The van der Waals surface area contributed by atoms with Crippen molar-refractivity contribution in [2.45, 2.75) is 117 Å². The second kappa shape index (κ2) is 12.9. The van der Waals surface area contributed by atoms with Crippen molar-refractivity contribution in [3.05, 3.63) is 57.7 Å². The maximum absolute atomic E-state index is 9.65. The molecule has 3 aliphatic carbocycles. The Morgan fingerprint density at radius 2 is 1.91 bits per heavy atom. The third-order valence-electron chi connectivity index (χ3n) is 8.08. The summed E-state index contributed by atoms with van der Waals surface area (Å²) >= 11 is 0. The lowest BCUT2D eigenvalue weighted by Gasteiger charge is -2.37. The van der Waals surface area contributed by atoms with E-state index >= 15 is 0 Å². The molecule has 33 heavy (non-hydrogen) atoms. The number of methoxy groups -OCH3 is 1. The summed E-state index contributed by atoms with van der Waals surface area (Å²) in [5.74, 6) is 1.04. The van der Waals surface area contributed by atoms with Crippen LogP contribution in [0.15, 0.2) is 57.7 Å². The number of aliphatic hydroxyl groups is 1. The molecule has 0 aromatic heterocycles. The van der Waals surface area contributed by atoms with Crippen LogP contribution in [0.4, 0.5) is 0 Å². The van der Waals surface area contributed by atoms with Gasteiger partial charge >= 0.3 is 0 Å². The predicted octanol–water partition coefficient (Wildman–Crippen LogP) is 8.40. The van der Waals surface area contributed by atoms with Crippen LogP contribution < -0.4 is 0 Å². The van der Waals surface area contributed by atoms with Gasteiger partial charge in [-0.25, -0.2) is 0 Å². The molecular weight excluding hydrogens is 404 g/mol. The van der Waals surface area contributed by atoms with Crippen molar-refractivity contribution in [1.82, 2.24) is 0 Å². The molecule has 3 rings (SSSR count). The van der Waals surface area contributed by atoms with Crippen LogP contribution in [0.5, 0.6) is 0 Å². The molecule has 0 saturated heterocycles. The zero-order valence-corrected chi connectivity index (χ0v) is 22.0. The van der Waals surface area contributed by atoms with Gasteiger partial charge in [0.15, 0.2) is 0 Å².